The zero-order valence-electron chi connectivity index (χ0n) is 15.8. The highest BCUT2D eigenvalue weighted by atomic mass is 32.1. The Labute approximate surface area is 175 Å². The lowest BCUT2D eigenvalue weighted by molar-refractivity contribution is -0.121. The zero-order chi connectivity index (χ0) is 20.8. The SMILES string of the molecule is O=C(CCc1nc(-c2ccsc2)no1)NCc1ccc(NC(=O)c2ccco2)cc1. The van der Waals surface area contributed by atoms with Gasteiger partial charge in [-0.2, -0.15) is 16.3 Å². The molecule has 3 aromatic heterocycles. The fraction of sp³-hybridized carbons (Fsp3) is 0.143. The average molecular weight is 422 g/mol. The topological polar surface area (TPSA) is 110 Å². The first-order valence-electron chi connectivity index (χ1n) is 9.23. The molecule has 8 nitrogen and oxygen atoms in total. The van der Waals surface area contributed by atoms with Crippen molar-refractivity contribution in [2.75, 3.05) is 5.32 Å². The number of aryl methyl sites for hydroxylation is 1. The molecule has 0 saturated carbocycles. The van der Waals surface area contributed by atoms with Gasteiger partial charge < -0.3 is 19.6 Å². The van der Waals surface area contributed by atoms with E-state index in [1.807, 2.05) is 29.0 Å². The lowest BCUT2D eigenvalue weighted by Gasteiger charge is -2.07. The predicted octanol–water partition coefficient (Wildman–Crippen LogP) is 3.89. The van der Waals surface area contributed by atoms with Crippen LogP contribution in [0.5, 0.6) is 0 Å². The minimum atomic E-state index is -0.316. The minimum absolute atomic E-state index is 0.111. The molecule has 0 radical (unpaired) electrons. The summed E-state index contributed by atoms with van der Waals surface area (Å²) >= 11 is 1.56. The van der Waals surface area contributed by atoms with Crippen molar-refractivity contribution >= 4 is 28.8 Å². The molecular weight excluding hydrogens is 404 g/mol. The number of carbonyl (C=O) groups excluding carboxylic acids is 2. The van der Waals surface area contributed by atoms with Crippen molar-refractivity contribution in [2.45, 2.75) is 19.4 Å². The minimum Gasteiger partial charge on any atom is -0.459 e. The number of nitrogens with one attached hydrogen (secondary N) is 2. The maximum absolute atomic E-state index is 12.1. The van der Waals surface area contributed by atoms with Crippen molar-refractivity contribution in [3.05, 3.63) is 76.7 Å². The monoisotopic (exact) mass is 422 g/mol. The Morgan fingerprint density at radius 3 is 2.70 bits per heavy atom. The molecular formula is C21H18N4O4S. The van der Waals surface area contributed by atoms with Gasteiger partial charge in [0.05, 0.1) is 6.26 Å². The van der Waals surface area contributed by atoms with Crippen molar-refractivity contribution in [1.82, 2.24) is 15.5 Å². The number of thiophene rings is 1. The Balaban J connectivity index is 1.21. The molecule has 0 atom stereocenters. The van der Waals surface area contributed by atoms with Gasteiger partial charge in [0.1, 0.15) is 0 Å². The molecule has 0 aliphatic carbocycles. The summed E-state index contributed by atoms with van der Waals surface area (Å²) in [5, 5.41) is 13.4. The molecule has 0 fully saturated rings. The second-order valence-electron chi connectivity index (χ2n) is 6.43. The van der Waals surface area contributed by atoms with Gasteiger partial charge >= 0.3 is 0 Å². The highest BCUT2D eigenvalue weighted by Crippen LogP contribution is 2.19. The summed E-state index contributed by atoms with van der Waals surface area (Å²) in [4.78, 5) is 28.4. The Morgan fingerprint density at radius 1 is 1.10 bits per heavy atom. The highest BCUT2D eigenvalue weighted by molar-refractivity contribution is 7.08. The second kappa shape index (κ2) is 9.19. The Morgan fingerprint density at radius 2 is 1.97 bits per heavy atom. The van der Waals surface area contributed by atoms with Gasteiger partial charge in [0.2, 0.25) is 17.6 Å². The zero-order valence-corrected chi connectivity index (χ0v) is 16.6. The molecule has 1 aromatic carbocycles. The van der Waals surface area contributed by atoms with E-state index in [1.54, 1.807) is 35.6 Å². The molecule has 4 rings (SSSR count). The number of rotatable bonds is 8. The summed E-state index contributed by atoms with van der Waals surface area (Å²) in [6, 6.07) is 12.4. The van der Waals surface area contributed by atoms with Crippen molar-refractivity contribution < 1.29 is 18.5 Å². The van der Waals surface area contributed by atoms with Crippen molar-refractivity contribution in [2.24, 2.45) is 0 Å². The van der Waals surface area contributed by atoms with E-state index in [0.29, 0.717) is 30.4 Å². The fourth-order valence-corrected chi connectivity index (χ4v) is 3.32. The summed E-state index contributed by atoms with van der Waals surface area (Å²) in [7, 11) is 0. The maximum atomic E-state index is 12.1. The van der Waals surface area contributed by atoms with Crippen LogP contribution >= 0.6 is 11.3 Å². The van der Waals surface area contributed by atoms with Crippen LogP contribution in [-0.2, 0) is 17.8 Å². The number of hydrogen-bond acceptors (Lipinski definition) is 7. The van der Waals surface area contributed by atoms with E-state index in [1.165, 1.54) is 6.26 Å². The van der Waals surface area contributed by atoms with Gasteiger partial charge in [-0.25, -0.2) is 0 Å². The molecule has 0 unspecified atom stereocenters. The molecule has 3 heterocycles. The fourth-order valence-electron chi connectivity index (χ4n) is 2.68. The quantitative estimate of drug-likeness (QED) is 0.446. The number of amides is 2. The van der Waals surface area contributed by atoms with E-state index in [-0.39, 0.29) is 24.0 Å². The van der Waals surface area contributed by atoms with Gasteiger partial charge in [0.15, 0.2) is 5.76 Å². The third-order valence-electron chi connectivity index (χ3n) is 4.26. The van der Waals surface area contributed by atoms with Crippen LogP contribution in [0.1, 0.15) is 28.4 Å². The Bertz CT molecular complexity index is 1100. The van der Waals surface area contributed by atoms with Crippen LogP contribution in [0.15, 0.2) is 68.4 Å². The molecule has 4 aromatic rings. The normalized spacial score (nSPS) is 10.7. The number of carbonyl (C=O) groups is 2. The number of benzene rings is 1. The third-order valence-corrected chi connectivity index (χ3v) is 4.94. The molecule has 2 amide bonds. The summed E-state index contributed by atoms with van der Waals surface area (Å²) in [6.45, 7) is 0.384. The number of hydrogen-bond donors (Lipinski definition) is 2. The van der Waals surface area contributed by atoms with E-state index < -0.39 is 0 Å². The predicted molar refractivity (Wildman–Crippen MR) is 111 cm³/mol. The molecule has 0 aliphatic rings. The van der Waals surface area contributed by atoms with Crippen LogP contribution < -0.4 is 10.6 Å². The van der Waals surface area contributed by atoms with Gasteiger partial charge in [-0.15, -0.1) is 0 Å². The van der Waals surface area contributed by atoms with Crippen LogP contribution in [0.25, 0.3) is 11.4 Å². The van der Waals surface area contributed by atoms with Crippen LogP contribution in [0.3, 0.4) is 0 Å². The molecule has 0 saturated heterocycles. The molecule has 0 bridgehead atoms. The Hall–Kier alpha value is -3.72. The van der Waals surface area contributed by atoms with E-state index in [2.05, 4.69) is 20.8 Å². The van der Waals surface area contributed by atoms with Crippen LogP contribution in [0.4, 0.5) is 5.69 Å². The van der Waals surface area contributed by atoms with Gasteiger partial charge in [0, 0.05) is 36.0 Å². The van der Waals surface area contributed by atoms with Gasteiger partial charge in [-0.1, -0.05) is 17.3 Å². The Kier molecular flexibility index (Phi) is 6.00. The van der Waals surface area contributed by atoms with Crippen LogP contribution in [0, 0.1) is 0 Å². The summed E-state index contributed by atoms with van der Waals surface area (Å²) in [6.07, 6.45) is 2.07. The van der Waals surface area contributed by atoms with Gasteiger partial charge in [-0.05, 0) is 41.3 Å². The summed E-state index contributed by atoms with van der Waals surface area (Å²) < 4.78 is 10.3. The molecule has 0 spiro atoms. The van der Waals surface area contributed by atoms with Crippen molar-refractivity contribution in [1.29, 1.82) is 0 Å². The maximum Gasteiger partial charge on any atom is 0.291 e. The summed E-state index contributed by atoms with van der Waals surface area (Å²) in [5.74, 6) is 0.786. The molecule has 2 N–H and O–H groups in total. The summed E-state index contributed by atoms with van der Waals surface area (Å²) in [5.41, 5.74) is 2.46. The van der Waals surface area contributed by atoms with Gasteiger partial charge in [-0.3, -0.25) is 9.59 Å². The largest absolute Gasteiger partial charge is 0.459 e. The average Bonchev–Trinajstić information content (AvgIpc) is 3.53. The van der Waals surface area contributed by atoms with E-state index >= 15 is 0 Å². The second-order valence-corrected chi connectivity index (χ2v) is 7.21. The highest BCUT2D eigenvalue weighted by Gasteiger charge is 2.11. The lowest BCUT2D eigenvalue weighted by Crippen LogP contribution is -2.23. The third kappa shape index (κ3) is 5.00. The number of nitrogens with zero attached hydrogens (tertiary/aromatic N) is 2. The van der Waals surface area contributed by atoms with Crippen LogP contribution in [0.2, 0.25) is 0 Å². The molecule has 0 aliphatic heterocycles. The van der Waals surface area contributed by atoms with Crippen LogP contribution in [-0.4, -0.2) is 22.0 Å². The van der Waals surface area contributed by atoms with E-state index in [4.69, 9.17) is 8.94 Å². The smallest absolute Gasteiger partial charge is 0.291 e. The standard InChI is InChI=1S/C21H18N4O4S/c26-18(7-8-19-24-20(25-29-19)15-9-11-30-13-15)22-12-14-3-5-16(6-4-14)23-21(27)17-2-1-10-28-17/h1-6,9-11,13H,7-8,12H2,(H,22,26)(H,23,27). The van der Waals surface area contributed by atoms with Crippen molar-refractivity contribution in [3.63, 3.8) is 0 Å². The lowest BCUT2D eigenvalue weighted by atomic mass is 10.2. The number of furan rings is 1. The molecule has 30 heavy (non-hydrogen) atoms. The molecule has 9 heteroatoms. The molecule has 152 valence electrons. The van der Waals surface area contributed by atoms with E-state index in [9.17, 15) is 9.59 Å². The number of aromatic nitrogens is 2. The van der Waals surface area contributed by atoms with Crippen molar-refractivity contribution in [3.8, 4) is 11.4 Å². The number of anilines is 1. The first-order chi connectivity index (χ1) is 14.7. The first-order valence-corrected chi connectivity index (χ1v) is 10.2. The first kappa shape index (κ1) is 19.6. The van der Waals surface area contributed by atoms with Gasteiger partial charge in [0.25, 0.3) is 5.91 Å². The van der Waals surface area contributed by atoms with E-state index in [0.717, 1.165) is 11.1 Å².